The van der Waals surface area contributed by atoms with Gasteiger partial charge in [0.1, 0.15) is 18.1 Å². The summed E-state index contributed by atoms with van der Waals surface area (Å²) in [7, 11) is 0. The molecule has 1 amide bonds. The molecular formula is C26H32N8O3. The van der Waals surface area contributed by atoms with Gasteiger partial charge in [0.05, 0.1) is 17.5 Å². The summed E-state index contributed by atoms with van der Waals surface area (Å²) in [5.74, 6) is 0.397. The van der Waals surface area contributed by atoms with E-state index in [1.165, 1.54) is 11.4 Å². The second-order valence-corrected chi connectivity index (χ2v) is 8.88. The number of imidazole rings is 1. The Hall–Kier alpha value is -4.12. The van der Waals surface area contributed by atoms with Gasteiger partial charge in [-0.25, -0.2) is 9.97 Å². The molecule has 4 aromatic rings. The predicted molar refractivity (Wildman–Crippen MR) is 140 cm³/mol. The topological polar surface area (TPSA) is 155 Å². The molecule has 4 N–H and O–H groups in total. The second kappa shape index (κ2) is 11.3. The van der Waals surface area contributed by atoms with E-state index in [1.807, 2.05) is 26.0 Å². The van der Waals surface area contributed by atoms with Crippen LogP contribution in [-0.2, 0) is 11.2 Å². The first kappa shape index (κ1) is 26.0. The lowest BCUT2D eigenvalue weighted by atomic mass is 10.0. The maximum Gasteiger partial charge on any atom is 0.248 e. The molecule has 37 heavy (non-hydrogen) atoms. The van der Waals surface area contributed by atoms with E-state index in [2.05, 4.69) is 20.1 Å². The van der Waals surface area contributed by atoms with Crippen LogP contribution < -0.4 is 5.73 Å². The van der Waals surface area contributed by atoms with Crippen LogP contribution >= 0.6 is 0 Å². The quantitative estimate of drug-likeness (QED) is 0.263. The molecule has 11 nitrogen and oxygen atoms in total. The van der Waals surface area contributed by atoms with Gasteiger partial charge in [-0.15, -0.1) is 0 Å². The van der Waals surface area contributed by atoms with Crippen LogP contribution in [0.2, 0.25) is 0 Å². The zero-order valence-electron chi connectivity index (χ0n) is 21.3. The SMILES string of the molecule is CCCN(C(=O)CO)[C@H](CC)CCc1nc2c(-c3ccc(-c4ncc[nH]4)nc3)cnn2c(N)c1C(C)=O. The summed E-state index contributed by atoms with van der Waals surface area (Å²) in [5.41, 5.74) is 10.1. The van der Waals surface area contributed by atoms with Crippen molar-refractivity contribution in [2.45, 2.75) is 52.5 Å². The highest BCUT2D eigenvalue weighted by Crippen LogP contribution is 2.29. The molecule has 0 aliphatic rings. The van der Waals surface area contributed by atoms with Crippen molar-refractivity contribution in [3.63, 3.8) is 0 Å². The lowest BCUT2D eigenvalue weighted by Crippen LogP contribution is -2.42. The van der Waals surface area contributed by atoms with Crippen LogP contribution in [0.5, 0.6) is 0 Å². The van der Waals surface area contributed by atoms with Crippen molar-refractivity contribution in [1.29, 1.82) is 0 Å². The third-order valence-corrected chi connectivity index (χ3v) is 6.47. The number of aromatic amines is 1. The number of nitrogens with one attached hydrogen (secondary N) is 1. The summed E-state index contributed by atoms with van der Waals surface area (Å²) in [6, 6.07) is 3.67. The summed E-state index contributed by atoms with van der Waals surface area (Å²) < 4.78 is 1.48. The van der Waals surface area contributed by atoms with Crippen LogP contribution in [0.25, 0.3) is 28.3 Å². The van der Waals surface area contributed by atoms with Crippen molar-refractivity contribution < 1.29 is 14.7 Å². The monoisotopic (exact) mass is 504 g/mol. The molecule has 0 aliphatic carbocycles. The summed E-state index contributed by atoms with van der Waals surface area (Å²) in [4.78, 5) is 43.3. The van der Waals surface area contributed by atoms with Crippen LogP contribution in [-0.4, -0.2) is 70.4 Å². The number of aliphatic hydroxyl groups excluding tert-OH is 1. The van der Waals surface area contributed by atoms with Crippen LogP contribution in [0.4, 0.5) is 5.82 Å². The Kier molecular flexibility index (Phi) is 7.92. The van der Waals surface area contributed by atoms with Crippen LogP contribution in [0.15, 0.2) is 36.9 Å². The molecule has 194 valence electrons. The molecule has 4 aromatic heterocycles. The number of carbonyl (C=O) groups excluding carboxylic acids is 2. The van der Waals surface area contributed by atoms with E-state index in [9.17, 15) is 14.7 Å². The highest BCUT2D eigenvalue weighted by molar-refractivity contribution is 6.00. The molecule has 0 spiro atoms. The zero-order valence-corrected chi connectivity index (χ0v) is 21.3. The van der Waals surface area contributed by atoms with Crippen LogP contribution in [0.1, 0.15) is 56.1 Å². The number of amides is 1. The molecule has 4 rings (SSSR count). The number of nitrogens with two attached hydrogens (primary N) is 1. The lowest BCUT2D eigenvalue weighted by molar-refractivity contribution is -0.136. The fraction of sp³-hybridized carbons (Fsp3) is 0.385. The first-order chi connectivity index (χ1) is 17.9. The number of hydrogen-bond donors (Lipinski definition) is 3. The highest BCUT2D eigenvalue weighted by atomic mass is 16.3. The average Bonchev–Trinajstić information content (AvgIpc) is 3.58. The minimum Gasteiger partial charge on any atom is -0.387 e. The Labute approximate surface area is 214 Å². The van der Waals surface area contributed by atoms with Crippen LogP contribution in [0.3, 0.4) is 0 Å². The number of nitrogen functional groups attached to an aromatic ring is 1. The number of H-pyrrole nitrogens is 1. The van der Waals surface area contributed by atoms with Gasteiger partial charge in [-0.3, -0.25) is 14.6 Å². The molecule has 0 bridgehead atoms. The Balaban J connectivity index is 1.70. The average molecular weight is 505 g/mol. The van der Waals surface area contributed by atoms with Crippen molar-refractivity contribution in [2.24, 2.45) is 0 Å². The van der Waals surface area contributed by atoms with Crippen molar-refractivity contribution in [3.8, 4) is 22.6 Å². The van der Waals surface area contributed by atoms with Gasteiger partial charge in [0.2, 0.25) is 5.91 Å². The van der Waals surface area contributed by atoms with Gasteiger partial charge >= 0.3 is 0 Å². The molecule has 0 unspecified atom stereocenters. The number of nitrogens with zero attached hydrogens (tertiary/aromatic N) is 6. The molecule has 0 radical (unpaired) electrons. The number of aromatic nitrogens is 6. The Morgan fingerprint density at radius 2 is 2.03 bits per heavy atom. The number of pyridine rings is 1. The van der Waals surface area contributed by atoms with E-state index >= 15 is 0 Å². The zero-order chi connectivity index (χ0) is 26.5. The number of ketones is 1. The van der Waals surface area contributed by atoms with E-state index in [-0.39, 0.29) is 23.6 Å². The summed E-state index contributed by atoms with van der Waals surface area (Å²) in [5, 5.41) is 13.8. The van der Waals surface area contributed by atoms with E-state index in [0.717, 1.165) is 17.5 Å². The van der Waals surface area contributed by atoms with Crippen LogP contribution in [0, 0.1) is 0 Å². The number of hydrogen-bond acceptors (Lipinski definition) is 8. The van der Waals surface area contributed by atoms with Gasteiger partial charge in [-0.2, -0.15) is 9.61 Å². The molecule has 0 aliphatic heterocycles. The number of fused-ring (bicyclic) bond motifs is 1. The number of Topliss-reactive ketones (excluding diaryl/α,β-unsaturated/α-hetero) is 1. The molecule has 0 saturated carbocycles. The van der Waals surface area contributed by atoms with E-state index < -0.39 is 6.61 Å². The number of carbonyl (C=O) groups is 2. The molecule has 0 saturated heterocycles. The first-order valence-corrected chi connectivity index (χ1v) is 12.4. The highest BCUT2D eigenvalue weighted by Gasteiger charge is 2.24. The number of rotatable bonds is 11. The lowest BCUT2D eigenvalue weighted by Gasteiger charge is -2.30. The minimum absolute atomic E-state index is 0.0959. The van der Waals surface area contributed by atoms with Crippen molar-refractivity contribution in [3.05, 3.63) is 48.2 Å². The third kappa shape index (κ3) is 5.21. The molecular weight excluding hydrogens is 472 g/mol. The van der Waals surface area contributed by atoms with Gasteiger partial charge < -0.3 is 20.7 Å². The van der Waals surface area contributed by atoms with Crippen molar-refractivity contribution in [1.82, 2.24) is 34.4 Å². The van der Waals surface area contributed by atoms with E-state index in [0.29, 0.717) is 54.2 Å². The number of anilines is 1. The van der Waals surface area contributed by atoms with Crippen molar-refractivity contribution in [2.75, 3.05) is 18.9 Å². The standard InChI is InChI=1S/C26H32N8O3/c1-4-12-33(22(37)15-35)18(5-2)7-9-20-23(16(3)36)24(27)34-26(32-20)19(14-31-34)17-6-8-21(30-13-17)25-28-10-11-29-25/h6,8,10-11,13-14,18,35H,4-5,7,9,12,15,27H2,1-3H3,(H,28,29)/t18-/m1/s1. The van der Waals surface area contributed by atoms with Gasteiger partial charge in [0.15, 0.2) is 17.3 Å². The fourth-order valence-corrected chi connectivity index (χ4v) is 4.66. The normalized spacial score (nSPS) is 12.1. The number of aryl methyl sites for hydroxylation is 1. The Bertz CT molecular complexity index is 1380. The molecule has 0 fully saturated rings. The third-order valence-electron chi connectivity index (χ3n) is 6.47. The minimum atomic E-state index is -0.529. The largest absolute Gasteiger partial charge is 0.387 e. The van der Waals surface area contributed by atoms with Gasteiger partial charge in [0, 0.05) is 42.3 Å². The molecule has 0 aromatic carbocycles. The number of aliphatic hydroxyl groups is 1. The molecule has 1 atom stereocenters. The van der Waals surface area contributed by atoms with Gasteiger partial charge in [-0.1, -0.05) is 19.9 Å². The fourth-order valence-electron chi connectivity index (χ4n) is 4.66. The van der Waals surface area contributed by atoms with Gasteiger partial charge in [0.25, 0.3) is 0 Å². The van der Waals surface area contributed by atoms with E-state index in [1.54, 1.807) is 29.7 Å². The van der Waals surface area contributed by atoms with E-state index in [4.69, 9.17) is 10.7 Å². The first-order valence-electron chi connectivity index (χ1n) is 12.4. The summed E-state index contributed by atoms with van der Waals surface area (Å²) in [6.07, 6.45) is 9.30. The Morgan fingerprint density at radius 3 is 2.62 bits per heavy atom. The second-order valence-electron chi connectivity index (χ2n) is 8.88. The molecule has 4 heterocycles. The van der Waals surface area contributed by atoms with Gasteiger partial charge in [-0.05, 0) is 38.7 Å². The summed E-state index contributed by atoms with van der Waals surface area (Å²) in [6.45, 7) is 5.48. The molecule has 11 heteroatoms. The maximum absolute atomic E-state index is 12.6. The smallest absolute Gasteiger partial charge is 0.248 e. The maximum atomic E-state index is 12.6. The van der Waals surface area contributed by atoms with Crippen molar-refractivity contribution >= 4 is 23.2 Å². The summed E-state index contributed by atoms with van der Waals surface area (Å²) >= 11 is 0. The predicted octanol–water partition coefficient (Wildman–Crippen LogP) is 2.91. The Morgan fingerprint density at radius 1 is 1.22 bits per heavy atom.